The van der Waals surface area contributed by atoms with Crippen molar-refractivity contribution in [2.24, 2.45) is 10.9 Å². The topological polar surface area (TPSA) is 112 Å². The van der Waals surface area contributed by atoms with Gasteiger partial charge in [0.2, 0.25) is 0 Å². The first-order valence-electron chi connectivity index (χ1n) is 16.3. The Morgan fingerprint density at radius 1 is 0.913 bits per heavy atom. The second kappa shape index (κ2) is 17.5. The second-order valence-electron chi connectivity index (χ2n) is 12.0. The van der Waals surface area contributed by atoms with Crippen molar-refractivity contribution in [2.45, 2.75) is 25.8 Å². The fraction of sp³-hybridized carbons (Fsp3) is 0.529. The summed E-state index contributed by atoms with van der Waals surface area (Å²) in [7, 11) is 4.36. The SMILES string of the molecule is CN1CCN(Cc2sc(N(C)CCN3CCOCC3)nc2-c2ccc(OCCCCCOc3ccc(/C(N)=N/O)cc3)cc2)CC1. The zero-order chi connectivity index (χ0) is 32.1. The number of amidine groups is 1. The van der Waals surface area contributed by atoms with Gasteiger partial charge in [-0.15, -0.1) is 0 Å². The van der Waals surface area contributed by atoms with Crippen molar-refractivity contribution in [1.29, 1.82) is 0 Å². The van der Waals surface area contributed by atoms with E-state index in [4.69, 9.17) is 30.1 Å². The number of rotatable bonds is 16. The number of aromatic nitrogens is 1. The monoisotopic (exact) mass is 651 g/mol. The predicted molar refractivity (Wildman–Crippen MR) is 185 cm³/mol. The molecule has 2 aliphatic rings. The molecule has 0 radical (unpaired) electrons. The van der Waals surface area contributed by atoms with E-state index in [1.54, 1.807) is 12.1 Å². The summed E-state index contributed by atoms with van der Waals surface area (Å²) >= 11 is 1.83. The Bertz CT molecular complexity index is 1350. The van der Waals surface area contributed by atoms with E-state index in [0.717, 1.165) is 119 Å². The van der Waals surface area contributed by atoms with Crippen LogP contribution in [0.3, 0.4) is 0 Å². The van der Waals surface area contributed by atoms with E-state index >= 15 is 0 Å². The van der Waals surface area contributed by atoms with Crippen molar-refractivity contribution in [3.8, 4) is 22.8 Å². The fourth-order valence-electron chi connectivity index (χ4n) is 5.51. The first-order chi connectivity index (χ1) is 22.5. The number of benzene rings is 2. The lowest BCUT2D eigenvalue weighted by molar-refractivity contribution is 0.0393. The van der Waals surface area contributed by atoms with E-state index in [9.17, 15) is 0 Å². The summed E-state index contributed by atoms with van der Waals surface area (Å²) < 4.78 is 17.4. The molecule has 11 nitrogen and oxygen atoms in total. The average molecular weight is 652 g/mol. The Morgan fingerprint density at radius 2 is 1.54 bits per heavy atom. The molecule has 0 aliphatic carbocycles. The molecule has 0 saturated carbocycles. The van der Waals surface area contributed by atoms with Gasteiger partial charge in [0.15, 0.2) is 11.0 Å². The van der Waals surface area contributed by atoms with Crippen LogP contribution in [0, 0.1) is 0 Å². The highest BCUT2D eigenvalue weighted by atomic mass is 32.1. The van der Waals surface area contributed by atoms with Crippen LogP contribution in [0.5, 0.6) is 11.5 Å². The molecular formula is C34H49N7O4S. The van der Waals surface area contributed by atoms with E-state index in [0.29, 0.717) is 18.8 Å². The average Bonchev–Trinajstić information content (AvgIpc) is 3.52. The summed E-state index contributed by atoms with van der Waals surface area (Å²) in [6.45, 7) is 12.2. The van der Waals surface area contributed by atoms with Crippen LogP contribution in [0.15, 0.2) is 53.7 Å². The summed E-state index contributed by atoms with van der Waals surface area (Å²) in [6, 6.07) is 15.6. The summed E-state index contributed by atoms with van der Waals surface area (Å²) in [4.78, 5) is 16.2. The molecule has 0 bridgehead atoms. The van der Waals surface area contributed by atoms with E-state index in [1.165, 1.54) is 4.88 Å². The van der Waals surface area contributed by atoms with Gasteiger partial charge in [-0.3, -0.25) is 9.80 Å². The maximum absolute atomic E-state index is 8.78. The summed E-state index contributed by atoms with van der Waals surface area (Å²) in [5.74, 6) is 1.73. The normalized spacial score (nSPS) is 16.9. The summed E-state index contributed by atoms with van der Waals surface area (Å²) in [6.07, 6.45) is 2.90. The van der Waals surface area contributed by atoms with E-state index < -0.39 is 0 Å². The van der Waals surface area contributed by atoms with Crippen LogP contribution in [-0.4, -0.2) is 124 Å². The molecule has 0 amide bonds. The van der Waals surface area contributed by atoms with Crippen molar-refractivity contribution < 1.29 is 19.4 Å². The third-order valence-corrected chi connectivity index (χ3v) is 9.70. The maximum atomic E-state index is 8.78. The molecule has 5 rings (SSSR count). The van der Waals surface area contributed by atoms with Gasteiger partial charge in [-0.2, -0.15) is 0 Å². The lowest BCUT2D eigenvalue weighted by Crippen LogP contribution is -2.43. The number of thiazole rings is 1. The van der Waals surface area contributed by atoms with E-state index in [1.807, 2.05) is 23.5 Å². The van der Waals surface area contributed by atoms with Gasteiger partial charge in [0, 0.05) is 82.0 Å². The number of unbranched alkanes of at least 4 members (excludes halogenated alkanes) is 2. The molecule has 3 aromatic rings. The molecule has 2 fully saturated rings. The highest BCUT2D eigenvalue weighted by Crippen LogP contribution is 2.35. The van der Waals surface area contributed by atoms with Crippen molar-refractivity contribution in [1.82, 2.24) is 19.7 Å². The van der Waals surface area contributed by atoms with Gasteiger partial charge in [0.05, 0.1) is 32.1 Å². The van der Waals surface area contributed by atoms with E-state index in [-0.39, 0.29) is 5.84 Å². The third kappa shape index (κ3) is 10.0. The number of hydrogen-bond donors (Lipinski definition) is 2. The van der Waals surface area contributed by atoms with Gasteiger partial charge < -0.3 is 35.0 Å². The van der Waals surface area contributed by atoms with E-state index in [2.05, 4.69) is 63.1 Å². The summed E-state index contributed by atoms with van der Waals surface area (Å²) in [5, 5.41) is 12.9. The number of piperazine rings is 1. The van der Waals surface area contributed by atoms with Crippen molar-refractivity contribution in [2.75, 3.05) is 97.8 Å². The molecule has 0 spiro atoms. The van der Waals surface area contributed by atoms with Gasteiger partial charge in [-0.05, 0) is 74.8 Å². The Labute approximate surface area is 277 Å². The lowest BCUT2D eigenvalue weighted by Gasteiger charge is -2.32. The number of likely N-dealkylation sites (N-methyl/N-ethyl adjacent to an activating group) is 2. The minimum atomic E-state index is 0.0861. The van der Waals surface area contributed by atoms with Gasteiger partial charge in [0.1, 0.15) is 11.5 Å². The van der Waals surface area contributed by atoms with Crippen LogP contribution in [-0.2, 0) is 11.3 Å². The van der Waals surface area contributed by atoms with Crippen LogP contribution >= 0.6 is 11.3 Å². The van der Waals surface area contributed by atoms with Gasteiger partial charge in [-0.1, -0.05) is 16.5 Å². The zero-order valence-electron chi connectivity index (χ0n) is 27.3. The van der Waals surface area contributed by atoms with Crippen LogP contribution in [0.4, 0.5) is 5.13 Å². The quantitative estimate of drug-likeness (QED) is 0.0774. The number of nitrogens with two attached hydrogens (primary N) is 1. The summed E-state index contributed by atoms with van der Waals surface area (Å²) in [5.41, 5.74) is 8.49. The largest absolute Gasteiger partial charge is 0.494 e. The van der Waals surface area contributed by atoms with Crippen molar-refractivity contribution in [3.63, 3.8) is 0 Å². The second-order valence-corrected chi connectivity index (χ2v) is 13.1. The molecule has 1 aromatic heterocycles. The molecule has 2 aliphatic heterocycles. The number of ether oxygens (including phenoxy) is 3. The molecule has 46 heavy (non-hydrogen) atoms. The van der Waals surface area contributed by atoms with Crippen LogP contribution in [0.2, 0.25) is 0 Å². The van der Waals surface area contributed by atoms with Crippen LogP contribution in [0.1, 0.15) is 29.7 Å². The number of hydrogen-bond acceptors (Lipinski definition) is 11. The molecule has 0 atom stereocenters. The molecule has 0 unspecified atom stereocenters. The Balaban J connectivity index is 1.10. The number of oxime groups is 1. The molecular weight excluding hydrogens is 602 g/mol. The molecule has 2 aromatic carbocycles. The molecule has 250 valence electrons. The molecule has 3 N–H and O–H groups in total. The standard InChI is InChI=1S/C34H49N7O4S/c1-38-14-17-41(18-15-38)26-31-32(36-34(46-31)39(2)16-19-40-20-24-43-25-21-40)27-6-10-29(11-7-27)44-22-4-3-5-23-45-30-12-8-28(9-13-30)33(35)37-42/h6-13,42H,3-5,14-26H2,1-2H3,(H2,35,37). The fourth-order valence-corrected chi connectivity index (χ4v) is 6.62. The van der Waals surface area contributed by atoms with Crippen molar-refractivity contribution in [3.05, 3.63) is 59.0 Å². The van der Waals surface area contributed by atoms with Crippen molar-refractivity contribution >= 4 is 22.3 Å². The Morgan fingerprint density at radius 3 is 2.17 bits per heavy atom. The smallest absolute Gasteiger partial charge is 0.185 e. The number of anilines is 1. The third-order valence-electron chi connectivity index (χ3n) is 8.54. The van der Waals surface area contributed by atoms with Crippen LogP contribution < -0.4 is 20.1 Å². The minimum Gasteiger partial charge on any atom is -0.494 e. The number of nitrogens with zero attached hydrogens (tertiary/aromatic N) is 6. The highest BCUT2D eigenvalue weighted by Gasteiger charge is 2.21. The molecule has 3 heterocycles. The van der Waals surface area contributed by atoms with Gasteiger partial charge in [0.25, 0.3) is 0 Å². The van der Waals surface area contributed by atoms with Crippen LogP contribution in [0.25, 0.3) is 11.3 Å². The van der Waals surface area contributed by atoms with Gasteiger partial charge in [-0.25, -0.2) is 4.98 Å². The number of morpholine rings is 1. The lowest BCUT2D eigenvalue weighted by atomic mass is 10.1. The first-order valence-corrected chi connectivity index (χ1v) is 17.2. The first kappa shape index (κ1) is 33.9. The maximum Gasteiger partial charge on any atom is 0.185 e. The minimum absolute atomic E-state index is 0.0861. The predicted octanol–water partition coefficient (Wildman–Crippen LogP) is 4.05. The highest BCUT2D eigenvalue weighted by molar-refractivity contribution is 7.16. The zero-order valence-corrected chi connectivity index (χ0v) is 28.1. The molecule has 2 saturated heterocycles. The molecule has 12 heteroatoms. The Hall–Kier alpha value is -3.42. The van der Waals surface area contributed by atoms with Gasteiger partial charge >= 0.3 is 0 Å². The Kier molecular flexibility index (Phi) is 12.9.